The van der Waals surface area contributed by atoms with Gasteiger partial charge in [0.15, 0.2) is 0 Å². The van der Waals surface area contributed by atoms with Crippen LogP contribution in [-0.2, 0) is 0 Å². The number of piperidine rings is 1. The van der Waals surface area contributed by atoms with Crippen LogP contribution in [0.15, 0.2) is 42.5 Å². The van der Waals surface area contributed by atoms with Gasteiger partial charge in [0.05, 0.1) is 0 Å². The second-order valence-corrected chi connectivity index (χ2v) is 6.53. The molecular weight excluding hydrogens is 300 g/mol. The third-order valence-electron chi connectivity index (χ3n) is 4.79. The number of nitrogens with one attached hydrogen (secondary N) is 1. The maximum absolute atomic E-state index is 12.9. The molecule has 0 saturated carbocycles. The van der Waals surface area contributed by atoms with E-state index in [2.05, 4.69) is 46.6 Å². The van der Waals surface area contributed by atoms with E-state index in [9.17, 15) is 4.79 Å². The van der Waals surface area contributed by atoms with E-state index in [0.717, 1.165) is 37.0 Å². The molecule has 4 rings (SSSR count). The summed E-state index contributed by atoms with van der Waals surface area (Å²) in [6.07, 6.45) is 2.17. The standard InChI is InChI=1S/C19H20N4O/c1-13-4-2-5-14(10-13)16-6-3-9-23(12-16)19(24)15-7-8-17-18(11-15)21-22-20-17/h2,4-5,7-8,10-11,16H,3,6,9,12H2,1H3,(H,20,21,22)/t16-/m1/s1. The molecule has 0 aliphatic carbocycles. The van der Waals surface area contributed by atoms with Gasteiger partial charge in [-0.3, -0.25) is 4.79 Å². The Balaban J connectivity index is 1.55. The molecular formula is C19H20N4O. The lowest BCUT2D eigenvalue weighted by Gasteiger charge is -2.33. The fourth-order valence-electron chi connectivity index (χ4n) is 3.51. The van der Waals surface area contributed by atoms with Crippen molar-refractivity contribution in [3.05, 3.63) is 59.2 Å². The molecule has 5 nitrogen and oxygen atoms in total. The Morgan fingerprint density at radius 3 is 2.92 bits per heavy atom. The molecule has 1 aliphatic heterocycles. The number of benzene rings is 2. The van der Waals surface area contributed by atoms with Crippen molar-refractivity contribution >= 4 is 16.9 Å². The molecule has 2 heterocycles. The van der Waals surface area contributed by atoms with Crippen LogP contribution in [0.3, 0.4) is 0 Å². The summed E-state index contributed by atoms with van der Waals surface area (Å²) in [6.45, 7) is 3.71. The van der Waals surface area contributed by atoms with Crippen LogP contribution in [0.1, 0.15) is 40.2 Å². The topological polar surface area (TPSA) is 61.9 Å². The van der Waals surface area contributed by atoms with Gasteiger partial charge in [0.2, 0.25) is 0 Å². The van der Waals surface area contributed by atoms with E-state index < -0.39 is 0 Å². The number of rotatable bonds is 2. The van der Waals surface area contributed by atoms with Crippen LogP contribution in [0.4, 0.5) is 0 Å². The van der Waals surface area contributed by atoms with E-state index in [1.165, 1.54) is 11.1 Å². The molecule has 1 aliphatic rings. The molecule has 1 atom stereocenters. The molecule has 0 unspecified atom stereocenters. The Kier molecular flexibility index (Phi) is 3.76. The maximum Gasteiger partial charge on any atom is 0.253 e. The van der Waals surface area contributed by atoms with E-state index in [1.807, 2.05) is 23.1 Å². The predicted octanol–water partition coefficient (Wildman–Crippen LogP) is 3.29. The highest BCUT2D eigenvalue weighted by atomic mass is 16.2. The number of likely N-dealkylation sites (tertiary alicyclic amines) is 1. The number of amides is 1. The number of carbonyl (C=O) groups excluding carboxylic acids is 1. The molecule has 2 aromatic carbocycles. The zero-order valence-electron chi connectivity index (χ0n) is 13.7. The van der Waals surface area contributed by atoms with Crippen molar-refractivity contribution in [3.8, 4) is 0 Å². The summed E-state index contributed by atoms with van der Waals surface area (Å²) in [6, 6.07) is 14.1. The fraction of sp³-hybridized carbons (Fsp3) is 0.316. The highest BCUT2D eigenvalue weighted by Crippen LogP contribution is 2.28. The van der Waals surface area contributed by atoms with Gasteiger partial charge in [-0.05, 0) is 43.5 Å². The SMILES string of the molecule is Cc1cccc([C@@H]2CCCN(C(=O)c3ccc4n[nH]nc4c3)C2)c1. The first-order valence-corrected chi connectivity index (χ1v) is 8.37. The Labute approximate surface area is 140 Å². The van der Waals surface area contributed by atoms with Gasteiger partial charge >= 0.3 is 0 Å². The largest absolute Gasteiger partial charge is 0.338 e. The fourth-order valence-corrected chi connectivity index (χ4v) is 3.51. The summed E-state index contributed by atoms with van der Waals surface area (Å²) < 4.78 is 0. The number of hydrogen-bond acceptors (Lipinski definition) is 3. The summed E-state index contributed by atoms with van der Waals surface area (Å²) in [5.41, 5.74) is 4.80. The van der Waals surface area contributed by atoms with E-state index in [1.54, 1.807) is 0 Å². The highest BCUT2D eigenvalue weighted by Gasteiger charge is 2.25. The second-order valence-electron chi connectivity index (χ2n) is 6.53. The number of nitrogens with zero attached hydrogens (tertiary/aromatic N) is 3. The quantitative estimate of drug-likeness (QED) is 0.788. The van der Waals surface area contributed by atoms with Crippen molar-refractivity contribution in [3.63, 3.8) is 0 Å². The Bertz CT molecular complexity index is 886. The van der Waals surface area contributed by atoms with Gasteiger partial charge in [0.1, 0.15) is 11.0 Å². The van der Waals surface area contributed by atoms with Gasteiger partial charge in [0, 0.05) is 24.6 Å². The molecule has 0 spiro atoms. The highest BCUT2D eigenvalue weighted by molar-refractivity contribution is 5.97. The van der Waals surface area contributed by atoms with Crippen molar-refractivity contribution in [1.29, 1.82) is 0 Å². The summed E-state index contributed by atoms with van der Waals surface area (Å²) in [4.78, 5) is 14.8. The molecule has 1 fully saturated rings. The average molecular weight is 320 g/mol. The van der Waals surface area contributed by atoms with Gasteiger partial charge in [-0.25, -0.2) is 0 Å². The van der Waals surface area contributed by atoms with Gasteiger partial charge in [-0.2, -0.15) is 15.4 Å². The van der Waals surface area contributed by atoms with Crippen LogP contribution < -0.4 is 0 Å². The minimum Gasteiger partial charge on any atom is -0.338 e. The third kappa shape index (κ3) is 2.77. The number of aromatic nitrogens is 3. The van der Waals surface area contributed by atoms with Crippen LogP contribution in [0.25, 0.3) is 11.0 Å². The minimum absolute atomic E-state index is 0.0808. The van der Waals surface area contributed by atoms with Gasteiger partial charge in [-0.1, -0.05) is 29.8 Å². The number of H-pyrrole nitrogens is 1. The lowest BCUT2D eigenvalue weighted by molar-refractivity contribution is 0.0707. The Morgan fingerprint density at radius 1 is 1.17 bits per heavy atom. The first-order chi connectivity index (χ1) is 11.7. The van der Waals surface area contributed by atoms with E-state index in [4.69, 9.17) is 0 Å². The van der Waals surface area contributed by atoms with Crippen molar-refractivity contribution in [2.45, 2.75) is 25.7 Å². The minimum atomic E-state index is 0.0808. The molecule has 1 amide bonds. The first kappa shape index (κ1) is 14.9. The molecule has 122 valence electrons. The number of aromatic amines is 1. The summed E-state index contributed by atoms with van der Waals surface area (Å²) in [5.74, 6) is 0.496. The van der Waals surface area contributed by atoms with E-state index >= 15 is 0 Å². The molecule has 1 N–H and O–H groups in total. The number of hydrogen-bond donors (Lipinski definition) is 1. The van der Waals surface area contributed by atoms with E-state index in [0.29, 0.717) is 11.5 Å². The van der Waals surface area contributed by atoms with Crippen molar-refractivity contribution in [2.75, 3.05) is 13.1 Å². The third-order valence-corrected chi connectivity index (χ3v) is 4.79. The van der Waals surface area contributed by atoms with E-state index in [-0.39, 0.29) is 5.91 Å². The Morgan fingerprint density at radius 2 is 2.04 bits per heavy atom. The van der Waals surface area contributed by atoms with Gasteiger partial charge < -0.3 is 4.90 Å². The lowest BCUT2D eigenvalue weighted by atomic mass is 9.89. The number of aryl methyl sites for hydroxylation is 1. The molecule has 24 heavy (non-hydrogen) atoms. The van der Waals surface area contributed by atoms with Crippen LogP contribution in [0.5, 0.6) is 0 Å². The van der Waals surface area contributed by atoms with Crippen LogP contribution in [0.2, 0.25) is 0 Å². The Hall–Kier alpha value is -2.69. The normalized spacial score (nSPS) is 18.0. The summed E-state index contributed by atoms with van der Waals surface area (Å²) in [7, 11) is 0. The maximum atomic E-state index is 12.9. The molecule has 0 bridgehead atoms. The van der Waals surface area contributed by atoms with Gasteiger partial charge in [0.25, 0.3) is 5.91 Å². The summed E-state index contributed by atoms with van der Waals surface area (Å²) >= 11 is 0. The lowest BCUT2D eigenvalue weighted by Crippen LogP contribution is -2.39. The zero-order chi connectivity index (χ0) is 16.5. The number of fused-ring (bicyclic) bond motifs is 1. The smallest absolute Gasteiger partial charge is 0.253 e. The summed E-state index contributed by atoms with van der Waals surface area (Å²) in [5, 5.41) is 10.7. The molecule has 1 aromatic heterocycles. The monoisotopic (exact) mass is 320 g/mol. The van der Waals surface area contributed by atoms with Crippen LogP contribution >= 0.6 is 0 Å². The molecule has 3 aromatic rings. The van der Waals surface area contributed by atoms with Crippen LogP contribution in [0, 0.1) is 6.92 Å². The predicted molar refractivity (Wildman–Crippen MR) is 92.9 cm³/mol. The van der Waals surface area contributed by atoms with Crippen molar-refractivity contribution < 1.29 is 4.79 Å². The molecule has 1 saturated heterocycles. The average Bonchev–Trinajstić information content (AvgIpc) is 3.09. The zero-order valence-corrected chi connectivity index (χ0v) is 13.7. The second kappa shape index (κ2) is 6.07. The first-order valence-electron chi connectivity index (χ1n) is 8.37. The molecule has 0 radical (unpaired) electrons. The molecule has 5 heteroatoms. The van der Waals surface area contributed by atoms with Gasteiger partial charge in [-0.15, -0.1) is 0 Å². The van der Waals surface area contributed by atoms with Crippen molar-refractivity contribution in [2.24, 2.45) is 0 Å². The number of carbonyl (C=O) groups is 1. The van der Waals surface area contributed by atoms with Crippen LogP contribution in [-0.4, -0.2) is 39.3 Å². The van der Waals surface area contributed by atoms with Crippen molar-refractivity contribution in [1.82, 2.24) is 20.3 Å².